The van der Waals surface area contributed by atoms with Crippen molar-refractivity contribution in [3.05, 3.63) is 0 Å². The van der Waals surface area contributed by atoms with Gasteiger partial charge in [0, 0.05) is 0 Å². The number of nitrogens with one attached hydrogen (secondary N) is 1. The van der Waals surface area contributed by atoms with E-state index in [9.17, 15) is 9.59 Å². The zero-order valence-corrected chi connectivity index (χ0v) is 6.15. The Morgan fingerprint density at radius 2 is 1.17 bits per heavy atom. The normalized spacial score (nSPS) is 9.17. The number of hydrogen-bond donors (Lipinski definition) is 5. The first-order valence-electron chi connectivity index (χ1n) is 2.05. The first-order chi connectivity index (χ1) is 5.13. The van der Waals surface area contributed by atoms with E-state index in [0.717, 1.165) is 5.32 Å². The van der Waals surface area contributed by atoms with Crippen molar-refractivity contribution in [1.82, 2.24) is 5.32 Å². The van der Waals surface area contributed by atoms with Gasteiger partial charge in [0.15, 0.2) is 0 Å². The summed E-state index contributed by atoms with van der Waals surface area (Å²) in [7, 11) is -4.67. The molecular weight excluding hydrogens is 198 g/mol. The lowest BCUT2D eigenvalue weighted by Crippen LogP contribution is -2.26. The van der Waals surface area contributed by atoms with Gasteiger partial charge in [0.1, 0.15) is 0 Å². The molecule has 0 saturated carbocycles. The van der Waals surface area contributed by atoms with Crippen LogP contribution in [0.5, 0.6) is 0 Å². The Balaban J connectivity index is 0. The molecule has 9 nitrogen and oxygen atoms in total. The molecule has 0 rings (SSSR count). The van der Waals surface area contributed by atoms with Crippen LogP contribution in [-0.2, 0) is 10.4 Å². The molecule has 0 aliphatic heterocycles. The molecule has 0 aliphatic rings. The fourth-order valence-corrected chi connectivity index (χ4v) is 0.0915. The molecule has 0 aromatic carbocycles. The van der Waals surface area contributed by atoms with Crippen molar-refractivity contribution in [2.24, 2.45) is 0 Å². The number of amides is 2. The van der Waals surface area contributed by atoms with Crippen LogP contribution in [0.2, 0.25) is 0 Å². The van der Waals surface area contributed by atoms with Crippen molar-refractivity contribution in [3.63, 3.8) is 0 Å². The molecular formula is C2H5NO8S. The minimum absolute atomic E-state index is 1.14. The third kappa shape index (κ3) is 73.2. The van der Waals surface area contributed by atoms with Crippen LogP contribution in [0.1, 0.15) is 0 Å². The van der Waals surface area contributed by atoms with Crippen LogP contribution in [0, 0.1) is 0 Å². The van der Waals surface area contributed by atoms with Crippen LogP contribution in [-0.4, -0.2) is 39.9 Å². The van der Waals surface area contributed by atoms with Crippen molar-refractivity contribution < 1.29 is 37.3 Å². The predicted molar refractivity (Wildman–Crippen MR) is 33.4 cm³/mol. The van der Waals surface area contributed by atoms with Crippen LogP contribution in [0.15, 0.2) is 0 Å². The quantitative estimate of drug-likeness (QED) is 0.322. The Bertz CT molecular complexity index is 232. The van der Waals surface area contributed by atoms with Crippen molar-refractivity contribution in [2.75, 3.05) is 0 Å². The SMILES string of the molecule is O=C(O)NC(=O)O.O=S(=O)(O)O. The highest BCUT2D eigenvalue weighted by molar-refractivity contribution is 7.79. The lowest BCUT2D eigenvalue weighted by atomic mass is 11.0. The summed E-state index contributed by atoms with van der Waals surface area (Å²) in [6.07, 6.45) is -3.12. The molecule has 12 heavy (non-hydrogen) atoms. The maximum Gasteiger partial charge on any atom is 0.414 e. The van der Waals surface area contributed by atoms with Crippen molar-refractivity contribution >= 4 is 22.6 Å². The first-order valence-corrected chi connectivity index (χ1v) is 3.45. The molecule has 0 unspecified atom stereocenters. The van der Waals surface area contributed by atoms with Gasteiger partial charge in [-0.3, -0.25) is 9.11 Å². The van der Waals surface area contributed by atoms with Crippen LogP contribution in [0.3, 0.4) is 0 Å². The molecule has 0 aromatic heterocycles. The molecule has 0 atom stereocenters. The van der Waals surface area contributed by atoms with Gasteiger partial charge in [-0.1, -0.05) is 0 Å². The van der Waals surface area contributed by atoms with E-state index < -0.39 is 22.6 Å². The fourth-order valence-electron chi connectivity index (χ4n) is 0.0915. The topological polar surface area (TPSA) is 161 Å². The Hall–Kier alpha value is -1.39. The Morgan fingerprint density at radius 3 is 1.17 bits per heavy atom. The highest BCUT2D eigenvalue weighted by Gasteiger charge is 1.97. The third-order valence-electron chi connectivity index (χ3n) is 0.214. The third-order valence-corrected chi connectivity index (χ3v) is 0.214. The van der Waals surface area contributed by atoms with Crippen LogP contribution >= 0.6 is 0 Å². The Labute approximate surface area is 66.2 Å². The average Bonchev–Trinajstić information content (AvgIpc) is 1.52. The molecule has 2 amide bonds. The van der Waals surface area contributed by atoms with E-state index in [1.807, 2.05) is 0 Å². The number of hydrogen-bond acceptors (Lipinski definition) is 4. The van der Waals surface area contributed by atoms with Crippen molar-refractivity contribution in [1.29, 1.82) is 0 Å². The molecule has 0 aromatic rings. The lowest BCUT2D eigenvalue weighted by Gasteiger charge is -1.85. The number of rotatable bonds is 0. The van der Waals surface area contributed by atoms with Gasteiger partial charge in [0.25, 0.3) is 0 Å². The van der Waals surface area contributed by atoms with Gasteiger partial charge in [-0.25, -0.2) is 14.9 Å². The van der Waals surface area contributed by atoms with Gasteiger partial charge >= 0.3 is 22.6 Å². The summed E-state index contributed by atoms with van der Waals surface area (Å²) in [5, 5.41) is 16.3. The first kappa shape index (κ1) is 13.2. The lowest BCUT2D eigenvalue weighted by molar-refractivity contribution is 0.174. The fraction of sp³-hybridized carbons (Fsp3) is 0. The molecule has 0 radical (unpaired) electrons. The van der Waals surface area contributed by atoms with Gasteiger partial charge in [-0.05, 0) is 0 Å². The average molecular weight is 203 g/mol. The molecule has 0 aliphatic carbocycles. The number of imide groups is 1. The second kappa shape index (κ2) is 5.29. The maximum atomic E-state index is 9.32. The summed E-state index contributed by atoms with van der Waals surface area (Å²) in [4.78, 5) is 18.6. The standard InChI is InChI=1S/C2H3NO4.H2O4S/c4-1(5)3-2(6)7;1-5(2,3)4/h3H,(H,4,5)(H,6,7);(H2,1,2,3,4). The van der Waals surface area contributed by atoms with Crippen LogP contribution in [0.25, 0.3) is 0 Å². The highest BCUT2D eigenvalue weighted by Crippen LogP contribution is 1.59. The maximum absolute atomic E-state index is 9.32. The summed E-state index contributed by atoms with van der Waals surface area (Å²) in [5.41, 5.74) is 0. The minimum atomic E-state index is -4.67. The van der Waals surface area contributed by atoms with E-state index in [-0.39, 0.29) is 0 Å². The molecule has 0 bridgehead atoms. The van der Waals surface area contributed by atoms with Crippen molar-refractivity contribution in [2.45, 2.75) is 0 Å². The van der Waals surface area contributed by atoms with E-state index in [2.05, 4.69) is 0 Å². The summed E-state index contributed by atoms with van der Waals surface area (Å²) < 4.78 is 31.6. The number of carbonyl (C=O) groups is 2. The van der Waals surface area contributed by atoms with E-state index in [4.69, 9.17) is 27.7 Å². The van der Waals surface area contributed by atoms with E-state index >= 15 is 0 Å². The Kier molecular flexibility index (Phi) is 5.82. The second-order valence-electron chi connectivity index (χ2n) is 1.18. The minimum Gasteiger partial charge on any atom is -0.465 e. The van der Waals surface area contributed by atoms with E-state index in [1.54, 1.807) is 0 Å². The molecule has 0 spiro atoms. The predicted octanol–water partition coefficient (Wildman–Crippen LogP) is -0.721. The molecule has 0 heterocycles. The number of carboxylic acid groups (broad SMARTS) is 2. The van der Waals surface area contributed by atoms with E-state index in [0.29, 0.717) is 0 Å². The van der Waals surface area contributed by atoms with Crippen LogP contribution < -0.4 is 5.32 Å². The zero-order chi connectivity index (χ0) is 10.4. The smallest absolute Gasteiger partial charge is 0.414 e. The molecule has 5 N–H and O–H groups in total. The van der Waals surface area contributed by atoms with Gasteiger partial charge in [0.2, 0.25) is 0 Å². The molecule has 10 heteroatoms. The van der Waals surface area contributed by atoms with E-state index in [1.165, 1.54) is 0 Å². The summed E-state index contributed by atoms with van der Waals surface area (Å²) in [6.45, 7) is 0. The van der Waals surface area contributed by atoms with Gasteiger partial charge in [-0.15, -0.1) is 0 Å². The summed E-state index contributed by atoms with van der Waals surface area (Å²) >= 11 is 0. The van der Waals surface area contributed by atoms with Gasteiger partial charge < -0.3 is 10.2 Å². The van der Waals surface area contributed by atoms with Gasteiger partial charge in [0.05, 0.1) is 0 Å². The summed E-state index contributed by atoms with van der Waals surface area (Å²) in [5.74, 6) is 0. The largest absolute Gasteiger partial charge is 0.465 e. The second-order valence-corrected chi connectivity index (χ2v) is 2.08. The van der Waals surface area contributed by atoms with Crippen LogP contribution in [0.4, 0.5) is 9.59 Å². The molecule has 72 valence electrons. The highest BCUT2D eigenvalue weighted by atomic mass is 32.3. The Morgan fingerprint density at radius 1 is 1.00 bits per heavy atom. The molecule has 0 fully saturated rings. The monoisotopic (exact) mass is 203 g/mol. The zero-order valence-electron chi connectivity index (χ0n) is 5.33. The van der Waals surface area contributed by atoms with Crippen molar-refractivity contribution in [3.8, 4) is 0 Å². The van der Waals surface area contributed by atoms with Gasteiger partial charge in [-0.2, -0.15) is 8.42 Å². The summed E-state index contributed by atoms with van der Waals surface area (Å²) in [6, 6.07) is 0. The molecule has 0 saturated heterocycles.